The molecule has 2 aromatic carbocycles. The molecule has 1 amide bonds. The molecule has 0 spiro atoms. The summed E-state index contributed by atoms with van der Waals surface area (Å²) in [5.74, 6) is -2.64. The predicted octanol–water partition coefficient (Wildman–Crippen LogP) is 3.67. The van der Waals surface area contributed by atoms with E-state index in [9.17, 15) is 19.5 Å². The van der Waals surface area contributed by atoms with E-state index in [2.05, 4.69) is 29.4 Å². The van der Waals surface area contributed by atoms with Gasteiger partial charge in [0.25, 0.3) is 5.91 Å². The summed E-state index contributed by atoms with van der Waals surface area (Å²) in [7, 11) is 0. The molecule has 2 aliphatic heterocycles. The number of allylic oxidation sites excluding steroid dienone is 1. The van der Waals surface area contributed by atoms with Gasteiger partial charge in [-0.1, -0.05) is 60.7 Å². The first-order chi connectivity index (χ1) is 16.4. The molecule has 0 aromatic heterocycles. The molecule has 7 heteroatoms. The Morgan fingerprint density at radius 2 is 1.68 bits per heavy atom. The van der Waals surface area contributed by atoms with Crippen LogP contribution in [0.2, 0.25) is 0 Å². The zero-order valence-corrected chi connectivity index (χ0v) is 19.4. The number of hydrogen-bond acceptors (Lipinski definition) is 5. The number of hydrogen-bond donors (Lipinski definition) is 1. The number of aliphatic carboxylic acids is 1. The average molecular weight is 460 g/mol. The number of fused-ring (bicyclic) bond motifs is 1. The summed E-state index contributed by atoms with van der Waals surface area (Å²) >= 11 is 0. The van der Waals surface area contributed by atoms with Gasteiger partial charge in [-0.15, -0.1) is 0 Å². The molecule has 4 rings (SSSR count). The molecule has 1 saturated heterocycles. The van der Waals surface area contributed by atoms with Crippen LogP contribution in [0.4, 0.5) is 0 Å². The second-order valence-corrected chi connectivity index (χ2v) is 9.00. The Kier molecular flexibility index (Phi) is 6.91. The van der Waals surface area contributed by atoms with Crippen molar-refractivity contribution in [3.05, 3.63) is 83.1 Å². The molecular formula is C27H29N3O4. The number of carboxylic acid groups (broad SMARTS) is 1. The number of hydrazone groups is 1. The molecule has 176 valence electrons. The van der Waals surface area contributed by atoms with Gasteiger partial charge in [-0.25, -0.2) is 0 Å². The number of benzene rings is 2. The van der Waals surface area contributed by atoms with Crippen molar-refractivity contribution in [2.75, 3.05) is 6.54 Å². The molecule has 1 N–H and O–H groups in total. The first kappa shape index (κ1) is 23.4. The van der Waals surface area contributed by atoms with E-state index in [1.165, 1.54) is 0 Å². The van der Waals surface area contributed by atoms with E-state index < -0.39 is 11.9 Å². The van der Waals surface area contributed by atoms with Gasteiger partial charge >= 0.3 is 5.97 Å². The molecule has 2 aliphatic rings. The number of piperazine rings is 1. The van der Waals surface area contributed by atoms with Gasteiger partial charge in [0.05, 0.1) is 6.04 Å². The Bertz CT molecular complexity index is 1070. The summed E-state index contributed by atoms with van der Waals surface area (Å²) in [5, 5.41) is 15.9. The maximum absolute atomic E-state index is 13.6. The Labute approximate surface area is 199 Å². The molecule has 0 radical (unpaired) electrons. The van der Waals surface area contributed by atoms with Crippen LogP contribution in [-0.2, 0) is 14.4 Å². The molecule has 0 bridgehead atoms. The fraction of sp³-hybridized carbons (Fsp3) is 0.333. The van der Waals surface area contributed by atoms with Crippen LogP contribution >= 0.6 is 0 Å². The monoisotopic (exact) mass is 459 g/mol. The third-order valence-corrected chi connectivity index (χ3v) is 6.54. The van der Waals surface area contributed by atoms with Crippen molar-refractivity contribution >= 4 is 24.4 Å². The molecule has 2 aromatic rings. The van der Waals surface area contributed by atoms with Gasteiger partial charge in [0.2, 0.25) is 0 Å². The molecule has 0 aliphatic carbocycles. The van der Waals surface area contributed by atoms with Crippen LogP contribution in [0.3, 0.4) is 0 Å². The van der Waals surface area contributed by atoms with E-state index in [1.54, 1.807) is 11.2 Å². The van der Waals surface area contributed by atoms with Gasteiger partial charge in [-0.05, 0) is 37.0 Å². The van der Waals surface area contributed by atoms with E-state index >= 15 is 0 Å². The van der Waals surface area contributed by atoms with Crippen molar-refractivity contribution < 1.29 is 19.5 Å². The molecular weight excluding hydrogens is 430 g/mol. The number of amides is 1. The molecule has 2 heterocycles. The highest BCUT2D eigenvalue weighted by atomic mass is 16.4. The Morgan fingerprint density at radius 3 is 2.18 bits per heavy atom. The van der Waals surface area contributed by atoms with Crippen LogP contribution in [0.15, 0.2) is 77.0 Å². The van der Waals surface area contributed by atoms with Crippen molar-refractivity contribution in [2.45, 2.75) is 44.7 Å². The standard InChI is InChI=1S/C27H29N3O4/c1-18(2)29-16-23(24(19-9-5-3-6-10-19)20-11-7-4-8-12-20)30-25(26(29)32)21(13-14-28-30)15-22(17-31)27(33)34/h3-12,14,17-18,22-24H,13,15-16H2,1-2H3,(H,33,34)/t22?,23-/m1/s1. The van der Waals surface area contributed by atoms with Crippen molar-refractivity contribution in [1.29, 1.82) is 0 Å². The van der Waals surface area contributed by atoms with Crippen molar-refractivity contribution in [3.63, 3.8) is 0 Å². The lowest BCUT2D eigenvalue weighted by Crippen LogP contribution is -2.57. The topological polar surface area (TPSA) is 90.3 Å². The quantitative estimate of drug-likeness (QED) is 0.481. The van der Waals surface area contributed by atoms with Gasteiger partial charge in [-0.3, -0.25) is 14.6 Å². The second-order valence-electron chi connectivity index (χ2n) is 9.00. The smallest absolute Gasteiger partial charge is 0.314 e. The number of rotatable bonds is 8. The molecule has 1 fully saturated rings. The Balaban J connectivity index is 1.85. The molecule has 34 heavy (non-hydrogen) atoms. The zero-order valence-electron chi connectivity index (χ0n) is 19.4. The third-order valence-electron chi connectivity index (χ3n) is 6.54. The predicted molar refractivity (Wildman–Crippen MR) is 129 cm³/mol. The number of carbonyl (C=O) groups is 3. The molecule has 2 atom stereocenters. The van der Waals surface area contributed by atoms with Crippen molar-refractivity contribution in [3.8, 4) is 0 Å². The van der Waals surface area contributed by atoms with Crippen molar-refractivity contribution in [1.82, 2.24) is 9.91 Å². The minimum absolute atomic E-state index is 0.0115. The minimum Gasteiger partial charge on any atom is -0.481 e. The summed E-state index contributed by atoms with van der Waals surface area (Å²) in [6.45, 7) is 4.42. The number of nitrogens with zero attached hydrogens (tertiary/aromatic N) is 3. The van der Waals surface area contributed by atoms with E-state index in [0.29, 0.717) is 30.5 Å². The lowest BCUT2D eigenvalue weighted by atomic mass is 9.82. The number of carboxylic acids is 1. The normalized spacial score (nSPS) is 18.9. The van der Waals surface area contributed by atoms with Gasteiger partial charge in [0, 0.05) is 31.1 Å². The summed E-state index contributed by atoms with van der Waals surface area (Å²) in [5.41, 5.74) is 3.25. The molecule has 7 nitrogen and oxygen atoms in total. The average Bonchev–Trinajstić information content (AvgIpc) is 2.85. The maximum Gasteiger partial charge on any atom is 0.314 e. The third kappa shape index (κ3) is 4.51. The van der Waals surface area contributed by atoms with Crippen LogP contribution in [0.25, 0.3) is 0 Å². The van der Waals surface area contributed by atoms with Crippen molar-refractivity contribution in [2.24, 2.45) is 11.0 Å². The number of aldehydes is 1. The van der Waals surface area contributed by atoms with Crippen LogP contribution < -0.4 is 0 Å². The maximum atomic E-state index is 13.6. The Morgan fingerprint density at radius 1 is 1.09 bits per heavy atom. The highest BCUT2D eigenvalue weighted by Crippen LogP contribution is 2.39. The molecule has 0 saturated carbocycles. The summed E-state index contributed by atoms with van der Waals surface area (Å²) in [6, 6.07) is 20.0. The van der Waals surface area contributed by atoms with E-state index in [4.69, 9.17) is 0 Å². The lowest BCUT2D eigenvalue weighted by Gasteiger charge is -2.47. The van der Waals surface area contributed by atoms with Crippen LogP contribution in [-0.4, -0.2) is 58.0 Å². The van der Waals surface area contributed by atoms with Crippen LogP contribution in [0, 0.1) is 5.92 Å². The SMILES string of the molecule is CC(C)N1C[C@H](C(c2ccccc2)c2ccccc2)N2N=CCC(CC(C=O)C(=O)O)=C2C1=O. The first-order valence-corrected chi connectivity index (χ1v) is 11.5. The fourth-order valence-electron chi connectivity index (χ4n) is 4.84. The van der Waals surface area contributed by atoms with E-state index in [0.717, 1.165) is 11.1 Å². The summed E-state index contributed by atoms with van der Waals surface area (Å²) in [4.78, 5) is 38.4. The largest absolute Gasteiger partial charge is 0.481 e. The van der Waals surface area contributed by atoms with Gasteiger partial charge in [0.15, 0.2) is 0 Å². The Hall–Kier alpha value is -3.74. The summed E-state index contributed by atoms with van der Waals surface area (Å²) in [6.07, 6.45) is 2.48. The fourth-order valence-corrected chi connectivity index (χ4v) is 4.84. The number of carbonyl (C=O) groups excluding carboxylic acids is 2. The van der Waals surface area contributed by atoms with Crippen LogP contribution in [0.1, 0.15) is 43.7 Å². The highest BCUT2D eigenvalue weighted by Gasteiger charge is 2.44. The lowest BCUT2D eigenvalue weighted by molar-refractivity contribution is -0.143. The van der Waals surface area contributed by atoms with E-state index in [-0.39, 0.29) is 30.3 Å². The summed E-state index contributed by atoms with van der Waals surface area (Å²) < 4.78 is 0. The second kappa shape index (κ2) is 10.0. The van der Waals surface area contributed by atoms with Crippen LogP contribution in [0.5, 0.6) is 0 Å². The first-order valence-electron chi connectivity index (χ1n) is 11.5. The van der Waals surface area contributed by atoms with Gasteiger partial charge in [-0.2, -0.15) is 5.10 Å². The molecule has 1 unspecified atom stereocenters. The zero-order chi connectivity index (χ0) is 24.2. The minimum atomic E-state index is -1.20. The van der Waals surface area contributed by atoms with Gasteiger partial charge < -0.3 is 14.8 Å². The van der Waals surface area contributed by atoms with E-state index in [1.807, 2.05) is 55.1 Å². The van der Waals surface area contributed by atoms with Gasteiger partial charge in [0.1, 0.15) is 17.9 Å². The highest BCUT2D eigenvalue weighted by molar-refractivity contribution is 5.96.